The smallest absolute Gasteiger partial charge is 0.163 e. The lowest BCUT2D eigenvalue weighted by Gasteiger charge is -2.13. The minimum atomic E-state index is -0.0211. The molecule has 0 saturated heterocycles. The Kier molecular flexibility index (Phi) is 3.30. The summed E-state index contributed by atoms with van der Waals surface area (Å²) in [6.07, 6.45) is 4.34. The van der Waals surface area contributed by atoms with Gasteiger partial charge in [-0.05, 0) is 18.1 Å². The Morgan fingerprint density at radius 3 is 3.00 bits per heavy atom. The van der Waals surface area contributed by atoms with Crippen LogP contribution in [0.3, 0.4) is 0 Å². The van der Waals surface area contributed by atoms with E-state index in [0.717, 1.165) is 22.6 Å². The zero-order valence-corrected chi connectivity index (χ0v) is 9.74. The molecular weight excluding hydrogens is 208 g/mol. The van der Waals surface area contributed by atoms with Crippen molar-refractivity contribution in [3.8, 4) is 0 Å². The first kappa shape index (κ1) is 10.5. The molecule has 2 rings (SSSR count). The molecule has 0 spiro atoms. The van der Waals surface area contributed by atoms with Gasteiger partial charge in [-0.15, -0.1) is 11.8 Å². The number of fused-ring (bicyclic) bond motifs is 1. The summed E-state index contributed by atoms with van der Waals surface area (Å²) in [5, 5.41) is 1.03. The van der Waals surface area contributed by atoms with E-state index in [1.807, 2.05) is 0 Å². The number of nitrogens with zero attached hydrogens (tertiary/aromatic N) is 4. The van der Waals surface area contributed by atoms with Crippen molar-refractivity contribution in [1.29, 1.82) is 0 Å². The summed E-state index contributed by atoms with van der Waals surface area (Å²) < 4.78 is 0. The number of aliphatic imine (C=N–C) groups is 4. The van der Waals surface area contributed by atoms with Crippen molar-refractivity contribution in [3.05, 3.63) is 0 Å². The summed E-state index contributed by atoms with van der Waals surface area (Å²) in [5.41, 5.74) is 0. The Bertz CT molecular complexity index is 354. The molecule has 80 valence electrons. The van der Waals surface area contributed by atoms with Crippen LogP contribution in [0.1, 0.15) is 20.3 Å². The van der Waals surface area contributed by atoms with E-state index in [-0.39, 0.29) is 6.04 Å². The molecule has 1 unspecified atom stereocenters. The fourth-order valence-corrected chi connectivity index (χ4v) is 2.55. The van der Waals surface area contributed by atoms with Crippen molar-refractivity contribution in [2.45, 2.75) is 26.3 Å². The van der Waals surface area contributed by atoms with Crippen LogP contribution >= 0.6 is 11.8 Å². The van der Waals surface area contributed by atoms with E-state index in [1.54, 1.807) is 24.4 Å². The molecule has 0 aromatic rings. The van der Waals surface area contributed by atoms with Gasteiger partial charge < -0.3 is 0 Å². The summed E-state index contributed by atoms with van der Waals surface area (Å²) in [5.74, 6) is 2.59. The maximum atomic E-state index is 4.26. The van der Waals surface area contributed by atoms with Crippen LogP contribution in [0.15, 0.2) is 20.0 Å². The van der Waals surface area contributed by atoms with E-state index < -0.39 is 0 Å². The van der Waals surface area contributed by atoms with Crippen LogP contribution in [-0.2, 0) is 0 Å². The Morgan fingerprint density at radius 1 is 1.33 bits per heavy atom. The first-order chi connectivity index (χ1) is 7.27. The number of amidine groups is 1. The van der Waals surface area contributed by atoms with Gasteiger partial charge in [0.2, 0.25) is 0 Å². The van der Waals surface area contributed by atoms with Crippen molar-refractivity contribution < 1.29 is 0 Å². The molecule has 4 nitrogen and oxygen atoms in total. The fourth-order valence-electron chi connectivity index (χ4n) is 1.31. The average Bonchev–Trinajstić information content (AvgIpc) is 2.65. The number of hydrogen-bond acceptors (Lipinski definition) is 5. The van der Waals surface area contributed by atoms with Gasteiger partial charge in [0.25, 0.3) is 0 Å². The van der Waals surface area contributed by atoms with Crippen LogP contribution < -0.4 is 0 Å². The van der Waals surface area contributed by atoms with Crippen LogP contribution in [0.25, 0.3) is 0 Å². The molecule has 0 saturated carbocycles. The minimum Gasteiger partial charge on any atom is -0.255 e. The molecule has 2 aliphatic rings. The van der Waals surface area contributed by atoms with Gasteiger partial charge in [0.05, 0.1) is 0 Å². The molecule has 0 fully saturated rings. The van der Waals surface area contributed by atoms with E-state index >= 15 is 0 Å². The van der Waals surface area contributed by atoms with Gasteiger partial charge in [-0.3, -0.25) is 4.99 Å². The highest BCUT2D eigenvalue weighted by molar-refractivity contribution is 8.14. The highest BCUT2D eigenvalue weighted by Gasteiger charge is 2.26. The maximum absolute atomic E-state index is 4.26. The molecule has 2 heterocycles. The topological polar surface area (TPSA) is 49.4 Å². The van der Waals surface area contributed by atoms with E-state index in [9.17, 15) is 0 Å². The standard InChI is InChI=1S/C10H14N4S/c1-7(2)3-4-15-10-8-9(12-5-11-8)13-6-14-10/h5-8H,3-4H2,1-2H3. The molecule has 0 aromatic carbocycles. The van der Waals surface area contributed by atoms with Crippen LogP contribution in [0.5, 0.6) is 0 Å². The Balaban J connectivity index is 1.92. The number of rotatable bonds is 3. The molecule has 0 aliphatic carbocycles. The second kappa shape index (κ2) is 4.70. The van der Waals surface area contributed by atoms with Gasteiger partial charge in [-0.2, -0.15) is 0 Å². The van der Waals surface area contributed by atoms with Crippen molar-refractivity contribution in [3.63, 3.8) is 0 Å². The highest BCUT2D eigenvalue weighted by Crippen LogP contribution is 2.19. The third-order valence-electron chi connectivity index (χ3n) is 2.20. The molecule has 5 heteroatoms. The molecular formula is C10H14N4S. The maximum Gasteiger partial charge on any atom is 0.163 e. The minimum absolute atomic E-state index is 0.0211. The predicted molar refractivity (Wildman–Crippen MR) is 67.6 cm³/mol. The van der Waals surface area contributed by atoms with Crippen LogP contribution in [0, 0.1) is 5.92 Å². The molecule has 0 bridgehead atoms. The van der Waals surface area contributed by atoms with Crippen molar-refractivity contribution >= 4 is 35.3 Å². The monoisotopic (exact) mass is 222 g/mol. The summed E-state index contributed by atoms with van der Waals surface area (Å²) in [7, 11) is 0. The van der Waals surface area contributed by atoms with Crippen molar-refractivity contribution in [1.82, 2.24) is 0 Å². The number of hydrogen-bond donors (Lipinski definition) is 0. The molecule has 15 heavy (non-hydrogen) atoms. The Labute approximate surface area is 93.7 Å². The molecule has 1 atom stereocenters. The lowest BCUT2D eigenvalue weighted by molar-refractivity contribution is 0.632. The van der Waals surface area contributed by atoms with E-state index in [0.29, 0.717) is 0 Å². The summed E-state index contributed by atoms with van der Waals surface area (Å²) in [4.78, 5) is 16.7. The van der Waals surface area contributed by atoms with Gasteiger partial charge in [0.1, 0.15) is 17.7 Å². The van der Waals surface area contributed by atoms with Crippen LogP contribution in [0.2, 0.25) is 0 Å². The van der Waals surface area contributed by atoms with Gasteiger partial charge in [-0.25, -0.2) is 15.0 Å². The van der Waals surface area contributed by atoms with E-state index in [4.69, 9.17) is 0 Å². The second-order valence-corrected chi connectivity index (χ2v) is 5.01. The van der Waals surface area contributed by atoms with Crippen LogP contribution in [-0.4, -0.2) is 35.4 Å². The molecule has 2 aliphatic heterocycles. The van der Waals surface area contributed by atoms with Crippen LogP contribution in [0.4, 0.5) is 0 Å². The molecule has 0 N–H and O–H groups in total. The number of thioether (sulfide) groups is 1. The normalized spacial score (nSPS) is 23.0. The van der Waals surface area contributed by atoms with Gasteiger partial charge in [0, 0.05) is 0 Å². The lowest BCUT2D eigenvalue weighted by atomic mass is 10.2. The predicted octanol–water partition coefficient (Wildman–Crippen LogP) is 2.02. The quantitative estimate of drug-likeness (QED) is 0.720. The zero-order chi connectivity index (χ0) is 10.7. The average molecular weight is 222 g/mol. The van der Waals surface area contributed by atoms with Crippen molar-refractivity contribution in [2.75, 3.05) is 5.75 Å². The summed E-state index contributed by atoms with van der Waals surface area (Å²) in [6, 6.07) is -0.0211. The van der Waals surface area contributed by atoms with Crippen molar-refractivity contribution in [2.24, 2.45) is 25.9 Å². The first-order valence-corrected chi connectivity index (χ1v) is 6.08. The lowest BCUT2D eigenvalue weighted by Crippen LogP contribution is -2.26. The first-order valence-electron chi connectivity index (χ1n) is 5.09. The van der Waals surface area contributed by atoms with Gasteiger partial charge >= 0.3 is 0 Å². The van der Waals surface area contributed by atoms with Gasteiger partial charge in [0.15, 0.2) is 11.9 Å². The Hall–Kier alpha value is -0.970. The molecule has 0 aromatic heterocycles. The van der Waals surface area contributed by atoms with E-state index in [1.165, 1.54) is 6.42 Å². The third-order valence-corrected chi connectivity index (χ3v) is 3.27. The highest BCUT2D eigenvalue weighted by atomic mass is 32.2. The summed E-state index contributed by atoms with van der Waals surface area (Å²) in [6.45, 7) is 4.45. The molecule has 0 radical (unpaired) electrons. The second-order valence-electron chi connectivity index (χ2n) is 3.90. The fraction of sp³-hybridized carbons (Fsp3) is 0.600. The summed E-state index contributed by atoms with van der Waals surface area (Å²) >= 11 is 1.77. The molecule has 0 amide bonds. The Morgan fingerprint density at radius 2 is 2.20 bits per heavy atom. The van der Waals surface area contributed by atoms with Gasteiger partial charge in [-0.1, -0.05) is 13.8 Å². The largest absolute Gasteiger partial charge is 0.255 e. The zero-order valence-electron chi connectivity index (χ0n) is 8.92. The third kappa shape index (κ3) is 2.53. The van der Waals surface area contributed by atoms with E-state index in [2.05, 4.69) is 33.8 Å². The SMILES string of the molecule is CC(C)CCSC1=NC=NC2=NC=NC21.